The molecule has 0 fully saturated rings. The minimum Gasteiger partial charge on any atom is -0.450 e. The second-order valence-electron chi connectivity index (χ2n) is 4.28. The number of carbonyl (C=O) groups is 1. The summed E-state index contributed by atoms with van der Waals surface area (Å²) in [6.45, 7) is 1.73. The number of halogens is 1. The van der Waals surface area contributed by atoms with Gasteiger partial charge in [-0.25, -0.2) is 4.39 Å². The third-order valence-corrected chi connectivity index (χ3v) is 2.82. The minimum absolute atomic E-state index is 0.0748. The average molecular weight is 289 g/mol. The maximum atomic E-state index is 13.2. The Morgan fingerprint density at radius 3 is 2.71 bits per heavy atom. The van der Waals surface area contributed by atoms with Crippen LogP contribution in [0.25, 0.3) is 0 Å². The molecule has 0 aliphatic carbocycles. The van der Waals surface area contributed by atoms with Gasteiger partial charge in [-0.05, 0) is 18.2 Å². The second-order valence-corrected chi connectivity index (χ2v) is 4.28. The number of ether oxygens (including phenoxy) is 1. The predicted molar refractivity (Wildman–Crippen MR) is 74.2 cm³/mol. The van der Waals surface area contributed by atoms with Crippen LogP contribution in [-0.4, -0.2) is 10.7 Å². The lowest BCUT2D eigenvalue weighted by Crippen LogP contribution is -1.98. The van der Waals surface area contributed by atoms with E-state index < -0.39 is 10.7 Å². The van der Waals surface area contributed by atoms with Crippen molar-refractivity contribution in [3.63, 3.8) is 0 Å². The van der Waals surface area contributed by atoms with Crippen LogP contribution < -0.4 is 4.74 Å². The fourth-order valence-corrected chi connectivity index (χ4v) is 1.78. The first-order valence-electron chi connectivity index (χ1n) is 6.26. The Morgan fingerprint density at radius 1 is 1.29 bits per heavy atom. The Labute approximate surface area is 120 Å². The van der Waals surface area contributed by atoms with Gasteiger partial charge in [-0.15, -0.1) is 0 Å². The van der Waals surface area contributed by atoms with Crippen molar-refractivity contribution in [1.29, 1.82) is 0 Å². The molecule has 108 valence electrons. The Hall–Kier alpha value is -2.76. The van der Waals surface area contributed by atoms with E-state index in [9.17, 15) is 19.3 Å². The summed E-state index contributed by atoms with van der Waals surface area (Å²) in [4.78, 5) is 21.9. The van der Waals surface area contributed by atoms with Crippen molar-refractivity contribution in [3.05, 3.63) is 64.0 Å². The molecule has 0 heterocycles. The highest BCUT2D eigenvalue weighted by Crippen LogP contribution is 2.32. The zero-order chi connectivity index (χ0) is 15.4. The molecule has 5 nitrogen and oxygen atoms in total. The predicted octanol–water partition coefficient (Wildman–Crippen LogP) is 4.12. The quantitative estimate of drug-likeness (QED) is 0.471. The highest BCUT2D eigenvalue weighted by molar-refractivity contribution is 5.96. The molecule has 0 aromatic heterocycles. The maximum absolute atomic E-state index is 13.2. The SMILES string of the molecule is CCC(=O)c1cccc(Oc2cc(F)ccc2[N+](=O)[O-])c1. The van der Waals surface area contributed by atoms with Crippen LogP contribution in [0.4, 0.5) is 10.1 Å². The lowest BCUT2D eigenvalue weighted by molar-refractivity contribution is -0.385. The Bertz CT molecular complexity index is 700. The van der Waals surface area contributed by atoms with Crippen LogP contribution in [-0.2, 0) is 0 Å². The van der Waals surface area contributed by atoms with Crippen LogP contribution in [0.15, 0.2) is 42.5 Å². The first kappa shape index (κ1) is 14.6. The molecule has 0 saturated carbocycles. The maximum Gasteiger partial charge on any atom is 0.311 e. The summed E-state index contributed by atoms with van der Waals surface area (Å²) in [5.41, 5.74) is 0.0951. The highest BCUT2D eigenvalue weighted by atomic mass is 19.1. The molecular weight excluding hydrogens is 277 g/mol. The van der Waals surface area contributed by atoms with Crippen LogP contribution in [0.3, 0.4) is 0 Å². The van der Waals surface area contributed by atoms with Crippen LogP contribution >= 0.6 is 0 Å². The van der Waals surface area contributed by atoms with E-state index in [0.29, 0.717) is 12.0 Å². The summed E-state index contributed by atoms with van der Waals surface area (Å²) in [5, 5.41) is 10.9. The zero-order valence-corrected chi connectivity index (χ0v) is 11.2. The molecule has 0 radical (unpaired) electrons. The van der Waals surface area contributed by atoms with E-state index in [4.69, 9.17) is 4.74 Å². The molecule has 0 aliphatic heterocycles. The number of Topliss-reactive ketones (excluding diaryl/α,β-unsaturated/α-hetero) is 1. The molecule has 0 aliphatic rings. The van der Waals surface area contributed by atoms with E-state index in [-0.39, 0.29) is 23.0 Å². The van der Waals surface area contributed by atoms with Gasteiger partial charge in [-0.1, -0.05) is 19.1 Å². The summed E-state index contributed by atoms with van der Waals surface area (Å²) in [5.74, 6) is -0.685. The van der Waals surface area contributed by atoms with Crippen molar-refractivity contribution in [2.45, 2.75) is 13.3 Å². The Kier molecular flexibility index (Phi) is 4.27. The van der Waals surface area contributed by atoms with E-state index in [0.717, 1.165) is 18.2 Å². The van der Waals surface area contributed by atoms with E-state index in [1.807, 2.05) is 0 Å². The zero-order valence-electron chi connectivity index (χ0n) is 11.2. The molecule has 0 atom stereocenters. The Morgan fingerprint density at radius 2 is 2.05 bits per heavy atom. The van der Waals surface area contributed by atoms with Gasteiger partial charge in [0, 0.05) is 24.1 Å². The standard InChI is InChI=1S/C15H12FNO4/c1-2-14(18)10-4-3-5-12(8-10)21-15-9-11(16)6-7-13(15)17(19)20/h3-9H,2H2,1H3. The van der Waals surface area contributed by atoms with Crippen LogP contribution in [0.1, 0.15) is 23.7 Å². The van der Waals surface area contributed by atoms with Gasteiger partial charge in [0.05, 0.1) is 4.92 Å². The molecule has 2 rings (SSSR count). The molecule has 2 aromatic rings. The van der Waals surface area contributed by atoms with E-state index in [1.165, 1.54) is 6.07 Å². The van der Waals surface area contributed by atoms with Crippen molar-refractivity contribution in [1.82, 2.24) is 0 Å². The van der Waals surface area contributed by atoms with Gasteiger partial charge in [0.2, 0.25) is 5.75 Å². The van der Waals surface area contributed by atoms with Crippen molar-refractivity contribution >= 4 is 11.5 Å². The van der Waals surface area contributed by atoms with Crippen molar-refractivity contribution in [2.24, 2.45) is 0 Å². The van der Waals surface area contributed by atoms with Crippen LogP contribution in [0.2, 0.25) is 0 Å². The molecule has 21 heavy (non-hydrogen) atoms. The van der Waals surface area contributed by atoms with Gasteiger partial charge in [0.25, 0.3) is 0 Å². The number of hydrogen-bond acceptors (Lipinski definition) is 4. The highest BCUT2D eigenvalue weighted by Gasteiger charge is 2.17. The summed E-state index contributed by atoms with van der Waals surface area (Å²) < 4.78 is 18.6. The van der Waals surface area contributed by atoms with Crippen LogP contribution in [0.5, 0.6) is 11.5 Å². The fourth-order valence-electron chi connectivity index (χ4n) is 1.78. The molecule has 0 amide bonds. The number of ketones is 1. The third-order valence-electron chi connectivity index (χ3n) is 2.82. The van der Waals surface area contributed by atoms with Crippen LogP contribution in [0, 0.1) is 15.9 Å². The van der Waals surface area contributed by atoms with Gasteiger partial charge in [-0.2, -0.15) is 0 Å². The Balaban J connectivity index is 2.36. The average Bonchev–Trinajstić information content (AvgIpc) is 2.46. The molecule has 0 N–H and O–H groups in total. The van der Waals surface area contributed by atoms with Gasteiger partial charge >= 0.3 is 5.69 Å². The largest absolute Gasteiger partial charge is 0.450 e. The number of nitro groups is 1. The lowest BCUT2D eigenvalue weighted by Gasteiger charge is -2.07. The number of carbonyl (C=O) groups excluding carboxylic acids is 1. The topological polar surface area (TPSA) is 69.4 Å². The first-order valence-corrected chi connectivity index (χ1v) is 6.26. The summed E-state index contributed by atoms with van der Waals surface area (Å²) in [6, 6.07) is 9.20. The fraction of sp³-hybridized carbons (Fsp3) is 0.133. The van der Waals surface area contributed by atoms with Gasteiger partial charge in [0.15, 0.2) is 5.78 Å². The van der Waals surface area contributed by atoms with Gasteiger partial charge in [-0.3, -0.25) is 14.9 Å². The van der Waals surface area contributed by atoms with Crippen molar-refractivity contribution < 1.29 is 18.8 Å². The molecule has 6 heteroatoms. The normalized spacial score (nSPS) is 10.2. The smallest absolute Gasteiger partial charge is 0.311 e. The van der Waals surface area contributed by atoms with Gasteiger partial charge in [0.1, 0.15) is 11.6 Å². The third kappa shape index (κ3) is 3.42. The number of benzene rings is 2. The molecule has 2 aromatic carbocycles. The van der Waals surface area contributed by atoms with Crippen molar-refractivity contribution in [2.75, 3.05) is 0 Å². The summed E-state index contributed by atoms with van der Waals surface area (Å²) >= 11 is 0. The monoisotopic (exact) mass is 289 g/mol. The first-order chi connectivity index (χ1) is 10.0. The van der Waals surface area contributed by atoms with E-state index >= 15 is 0 Å². The number of nitro benzene ring substituents is 1. The van der Waals surface area contributed by atoms with E-state index in [2.05, 4.69) is 0 Å². The minimum atomic E-state index is -0.657. The lowest BCUT2D eigenvalue weighted by atomic mass is 10.1. The number of nitrogens with zero attached hydrogens (tertiary/aromatic N) is 1. The molecule has 0 spiro atoms. The van der Waals surface area contributed by atoms with E-state index in [1.54, 1.807) is 25.1 Å². The second kappa shape index (κ2) is 6.13. The number of rotatable bonds is 5. The molecule has 0 saturated heterocycles. The molecular formula is C15H12FNO4. The molecule has 0 bridgehead atoms. The summed E-state index contributed by atoms with van der Waals surface area (Å²) in [7, 11) is 0. The number of hydrogen-bond donors (Lipinski definition) is 0. The summed E-state index contributed by atoms with van der Waals surface area (Å²) in [6.07, 6.45) is 0.337. The molecule has 0 unspecified atom stereocenters. The van der Waals surface area contributed by atoms with Gasteiger partial charge < -0.3 is 4.74 Å². The van der Waals surface area contributed by atoms with Crippen molar-refractivity contribution in [3.8, 4) is 11.5 Å².